The number of benzene rings is 3. The summed E-state index contributed by atoms with van der Waals surface area (Å²) in [6.45, 7) is 11.0. The van der Waals surface area contributed by atoms with Crippen molar-refractivity contribution in [1.82, 2.24) is 5.32 Å². The van der Waals surface area contributed by atoms with Crippen molar-refractivity contribution >= 4 is 11.6 Å². The molecule has 0 aromatic heterocycles. The molecule has 3 nitrogen and oxygen atoms in total. The number of rotatable bonds is 8. The van der Waals surface area contributed by atoms with Crippen LogP contribution >= 0.6 is 0 Å². The van der Waals surface area contributed by atoms with Gasteiger partial charge in [-0.2, -0.15) is 0 Å². The molecular weight excluding hydrogens is 380 g/mol. The molecule has 0 heterocycles. The van der Waals surface area contributed by atoms with E-state index < -0.39 is 0 Å². The van der Waals surface area contributed by atoms with Crippen molar-refractivity contribution in [3.05, 3.63) is 101 Å². The van der Waals surface area contributed by atoms with E-state index in [0.717, 1.165) is 16.8 Å². The monoisotopic (exact) mass is 414 g/mol. The van der Waals surface area contributed by atoms with Gasteiger partial charge < -0.3 is 5.32 Å². The Morgan fingerprint density at radius 1 is 0.774 bits per heavy atom. The van der Waals surface area contributed by atoms with E-state index in [1.165, 1.54) is 16.7 Å². The van der Waals surface area contributed by atoms with E-state index in [-0.39, 0.29) is 18.5 Å². The summed E-state index contributed by atoms with van der Waals surface area (Å²) in [6, 6.07) is 25.0. The summed E-state index contributed by atoms with van der Waals surface area (Å²) < 4.78 is 0. The molecule has 2 N–H and O–H groups in total. The van der Waals surface area contributed by atoms with Crippen LogP contribution in [0.2, 0.25) is 0 Å². The van der Waals surface area contributed by atoms with E-state index >= 15 is 0 Å². The third kappa shape index (κ3) is 5.83. The maximum absolute atomic E-state index is 13.0. The van der Waals surface area contributed by atoms with E-state index in [1.54, 1.807) is 0 Å². The first-order valence-electron chi connectivity index (χ1n) is 11.1. The Balaban J connectivity index is 1.81. The summed E-state index contributed by atoms with van der Waals surface area (Å²) in [6.07, 6.45) is 0. The van der Waals surface area contributed by atoms with E-state index in [0.29, 0.717) is 11.8 Å². The van der Waals surface area contributed by atoms with Gasteiger partial charge in [-0.05, 0) is 41.0 Å². The van der Waals surface area contributed by atoms with Crippen LogP contribution in [0.3, 0.4) is 0 Å². The Bertz CT molecular complexity index is 982. The van der Waals surface area contributed by atoms with Crippen LogP contribution in [0.15, 0.2) is 72.8 Å². The molecule has 0 spiro atoms. The molecule has 0 fully saturated rings. The van der Waals surface area contributed by atoms with Gasteiger partial charge in [0.1, 0.15) is 0 Å². The van der Waals surface area contributed by atoms with Gasteiger partial charge in [0.05, 0.1) is 12.6 Å². The Hall–Kier alpha value is -2.91. The molecule has 3 rings (SSSR count). The Kier molecular flexibility index (Phi) is 7.64. The number of hydrogen-bond acceptors (Lipinski definition) is 2. The Morgan fingerprint density at radius 3 is 1.94 bits per heavy atom. The van der Waals surface area contributed by atoms with Gasteiger partial charge in [0.15, 0.2) is 0 Å². The minimum Gasteiger partial charge on any atom is -0.324 e. The average Bonchev–Trinajstić information content (AvgIpc) is 2.74. The molecule has 1 amide bonds. The first kappa shape index (κ1) is 22.8. The topological polar surface area (TPSA) is 41.1 Å². The van der Waals surface area contributed by atoms with Gasteiger partial charge in [-0.15, -0.1) is 0 Å². The van der Waals surface area contributed by atoms with Gasteiger partial charge in [-0.25, -0.2) is 0 Å². The number of carbonyl (C=O) groups is 1. The predicted octanol–water partition coefficient (Wildman–Crippen LogP) is 6.56. The molecule has 0 aliphatic heterocycles. The minimum atomic E-state index is -0.0447. The number of nitrogens with one attached hydrogen (secondary N) is 2. The summed E-state index contributed by atoms with van der Waals surface area (Å²) in [5, 5.41) is 6.69. The summed E-state index contributed by atoms with van der Waals surface area (Å²) in [4.78, 5) is 13.0. The normalized spacial score (nSPS) is 12.2. The van der Waals surface area contributed by atoms with Crippen LogP contribution in [0.1, 0.15) is 73.4 Å². The van der Waals surface area contributed by atoms with Crippen molar-refractivity contribution < 1.29 is 4.79 Å². The SMILES string of the molecule is Cc1cccc(C(NCC(=O)Nc2c(C(C)C)cccc2C(C)C)c2ccccc2)c1. The number of anilines is 1. The molecule has 3 heteroatoms. The third-order valence-electron chi connectivity index (χ3n) is 5.61. The molecule has 1 unspecified atom stereocenters. The molecule has 3 aromatic carbocycles. The van der Waals surface area contributed by atoms with Crippen molar-refractivity contribution in [2.45, 2.75) is 52.5 Å². The lowest BCUT2D eigenvalue weighted by Gasteiger charge is -2.22. The van der Waals surface area contributed by atoms with E-state index in [2.05, 4.69) is 99.8 Å². The molecule has 0 saturated heterocycles. The maximum Gasteiger partial charge on any atom is 0.238 e. The van der Waals surface area contributed by atoms with Crippen LogP contribution in [0, 0.1) is 6.92 Å². The van der Waals surface area contributed by atoms with Gasteiger partial charge in [0.25, 0.3) is 0 Å². The van der Waals surface area contributed by atoms with Crippen LogP contribution in [-0.2, 0) is 4.79 Å². The molecule has 0 radical (unpaired) electrons. The van der Waals surface area contributed by atoms with Gasteiger partial charge in [-0.1, -0.05) is 106 Å². The smallest absolute Gasteiger partial charge is 0.238 e. The molecular formula is C28H34N2O. The fourth-order valence-corrected chi connectivity index (χ4v) is 4.00. The number of hydrogen-bond donors (Lipinski definition) is 2. The zero-order chi connectivity index (χ0) is 22.4. The van der Waals surface area contributed by atoms with Crippen LogP contribution in [-0.4, -0.2) is 12.5 Å². The van der Waals surface area contributed by atoms with Gasteiger partial charge in [-0.3, -0.25) is 10.1 Å². The highest BCUT2D eigenvalue weighted by molar-refractivity contribution is 5.94. The molecule has 3 aromatic rings. The van der Waals surface area contributed by atoms with Crippen molar-refractivity contribution in [2.75, 3.05) is 11.9 Å². The van der Waals surface area contributed by atoms with Crippen LogP contribution in [0.25, 0.3) is 0 Å². The second-order valence-electron chi connectivity index (χ2n) is 8.81. The maximum atomic E-state index is 13.0. The van der Waals surface area contributed by atoms with Crippen molar-refractivity contribution in [3.8, 4) is 0 Å². The lowest BCUT2D eigenvalue weighted by atomic mass is 9.92. The first-order chi connectivity index (χ1) is 14.9. The number of aryl methyl sites for hydroxylation is 1. The molecule has 0 aliphatic carbocycles. The zero-order valence-corrected chi connectivity index (χ0v) is 19.3. The summed E-state index contributed by atoms with van der Waals surface area (Å²) in [5.74, 6) is 0.654. The van der Waals surface area contributed by atoms with E-state index in [4.69, 9.17) is 0 Å². The molecule has 162 valence electrons. The van der Waals surface area contributed by atoms with Crippen LogP contribution in [0.4, 0.5) is 5.69 Å². The van der Waals surface area contributed by atoms with E-state index in [9.17, 15) is 4.79 Å². The highest BCUT2D eigenvalue weighted by Gasteiger charge is 2.18. The van der Waals surface area contributed by atoms with Gasteiger partial charge in [0, 0.05) is 5.69 Å². The van der Waals surface area contributed by atoms with Crippen LogP contribution in [0.5, 0.6) is 0 Å². The molecule has 0 saturated carbocycles. The molecule has 0 aliphatic rings. The lowest BCUT2D eigenvalue weighted by molar-refractivity contribution is -0.115. The van der Waals surface area contributed by atoms with Gasteiger partial charge >= 0.3 is 0 Å². The molecule has 31 heavy (non-hydrogen) atoms. The summed E-state index contributed by atoms with van der Waals surface area (Å²) in [7, 11) is 0. The predicted molar refractivity (Wildman–Crippen MR) is 131 cm³/mol. The van der Waals surface area contributed by atoms with Gasteiger partial charge in [0.2, 0.25) is 5.91 Å². The standard InChI is InChI=1S/C28H34N2O/c1-19(2)24-15-10-16-25(20(3)4)28(24)30-26(31)18-29-27(22-12-7-6-8-13-22)23-14-9-11-21(5)17-23/h6-17,19-20,27,29H,18H2,1-5H3,(H,30,31). The second kappa shape index (κ2) is 10.4. The lowest BCUT2D eigenvalue weighted by Crippen LogP contribution is -2.32. The van der Waals surface area contributed by atoms with Crippen molar-refractivity contribution in [1.29, 1.82) is 0 Å². The van der Waals surface area contributed by atoms with Crippen LogP contribution < -0.4 is 10.6 Å². The fourth-order valence-electron chi connectivity index (χ4n) is 4.00. The quantitative estimate of drug-likeness (QED) is 0.438. The largest absolute Gasteiger partial charge is 0.324 e. The summed E-state index contributed by atoms with van der Waals surface area (Å²) in [5.41, 5.74) is 6.83. The Morgan fingerprint density at radius 2 is 1.35 bits per heavy atom. The number of para-hydroxylation sites is 1. The second-order valence-corrected chi connectivity index (χ2v) is 8.81. The Labute approximate surface area is 186 Å². The highest BCUT2D eigenvalue weighted by Crippen LogP contribution is 2.32. The average molecular weight is 415 g/mol. The number of carbonyl (C=O) groups excluding carboxylic acids is 1. The van der Waals surface area contributed by atoms with E-state index in [1.807, 2.05) is 18.2 Å². The summed E-state index contributed by atoms with van der Waals surface area (Å²) >= 11 is 0. The van der Waals surface area contributed by atoms with Crippen molar-refractivity contribution in [2.24, 2.45) is 0 Å². The van der Waals surface area contributed by atoms with Crippen molar-refractivity contribution in [3.63, 3.8) is 0 Å². The number of amides is 1. The first-order valence-corrected chi connectivity index (χ1v) is 11.1. The zero-order valence-electron chi connectivity index (χ0n) is 19.3. The molecule has 1 atom stereocenters. The highest BCUT2D eigenvalue weighted by atomic mass is 16.1. The fraction of sp³-hybridized carbons (Fsp3) is 0.321. The third-order valence-corrected chi connectivity index (χ3v) is 5.61. The molecule has 0 bridgehead atoms. The minimum absolute atomic E-state index is 0.0245.